The van der Waals surface area contributed by atoms with E-state index in [0.717, 1.165) is 19.3 Å². The first-order valence-corrected chi connectivity index (χ1v) is 7.15. The van der Waals surface area contributed by atoms with Gasteiger partial charge in [-0.3, -0.25) is 4.79 Å². The van der Waals surface area contributed by atoms with E-state index in [1.165, 1.54) is 0 Å². The van der Waals surface area contributed by atoms with Crippen molar-refractivity contribution in [3.8, 4) is 0 Å². The predicted octanol–water partition coefficient (Wildman–Crippen LogP) is 4.13. The average Bonchev–Trinajstić information content (AvgIpc) is 3.10. The van der Waals surface area contributed by atoms with Gasteiger partial charge in [-0.15, -0.1) is 11.6 Å². The molecule has 1 aromatic rings. The monoisotopic (exact) mass is 305 g/mol. The summed E-state index contributed by atoms with van der Waals surface area (Å²) in [5, 5.41) is 3.84. The molecule has 1 N–H and O–H groups in total. The van der Waals surface area contributed by atoms with Crippen LogP contribution < -0.4 is 5.32 Å². The van der Waals surface area contributed by atoms with Gasteiger partial charge in [-0.1, -0.05) is 23.2 Å². The number of benzene rings is 1. The van der Waals surface area contributed by atoms with Gasteiger partial charge in [0.25, 0.3) is 5.91 Å². The van der Waals surface area contributed by atoms with E-state index in [1.807, 2.05) is 0 Å². The van der Waals surface area contributed by atoms with Crippen LogP contribution in [0.1, 0.15) is 29.6 Å². The fraction of sp³-hybridized carbons (Fsp3) is 0.462. The minimum atomic E-state index is -0.177. The summed E-state index contributed by atoms with van der Waals surface area (Å²) in [6, 6.07) is 4.88. The summed E-state index contributed by atoms with van der Waals surface area (Å²) in [7, 11) is 0. The van der Waals surface area contributed by atoms with Crippen molar-refractivity contribution in [2.45, 2.75) is 19.3 Å². The van der Waals surface area contributed by atoms with Gasteiger partial charge in [0.2, 0.25) is 0 Å². The molecule has 1 amide bonds. The molecule has 2 rings (SSSR count). The zero-order valence-corrected chi connectivity index (χ0v) is 12.1. The van der Waals surface area contributed by atoms with Crippen molar-refractivity contribution in [2.75, 3.05) is 12.4 Å². The van der Waals surface area contributed by atoms with Crippen LogP contribution in [0.15, 0.2) is 18.2 Å². The number of carbonyl (C=O) groups excluding carboxylic acids is 1. The van der Waals surface area contributed by atoms with Crippen LogP contribution in [0.2, 0.25) is 10.0 Å². The van der Waals surface area contributed by atoms with Crippen molar-refractivity contribution in [1.29, 1.82) is 0 Å². The van der Waals surface area contributed by atoms with E-state index < -0.39 is 0 Å². The lowest BCUT2D eigenvalue weighted by Crippen LogP contribution is -2.30. The van der Waals surface area contributed by atoms with E-state index in [0.29, 0.717) is 28.0 Å². The second-order valence-electron chi connectivity index (χ2n) is 4.75. The molecule has 5 heteroatoms. The molecule has 0 atom stereocenters. The van der Waals surface area contributed by atoms with Crippen molar-refractivity contribution in [3.05, 3.63) is 33.8 Å². The van der Waals surface area contributed by atoms with E-state index in [4.69, 9.17) is 34.8 Å². The van der Waals surface area contributed by atoms with Crippen LogP contribution in [0.3, 0.4) is 0 Å². The Kier molecular flexibility index (Phi) is 4.41. The maximum Gasteiger partial charge on any atom is 0.252 e. The SMILES string of the molecule is O=C(NCC1(CCCl)CC1)c1cc(Cl)ccc1Cl. The van der Waals surface area contributed by atoms with Gasteiger partial charge in [-0.25, -0.2) is 0 Å². The zero-order valence-electron chi connectivity index (χ0n) is 9.81. The minimum absolute atomic E-state index is 0.177. The van der Waals surface area contributed by atoms with Crippen LogP contribution in [-0.2, 0) is 0 Å². The number of alkyl halides is 1. The Morgan fingerprint density at radius 1 is 1.33 bits per heavy atom. The number of hydrogen-bond donors (Lipinski definition) is 1. The molecule has 0 heterocycles. The highest BCUT2D eigenvalue weighted by Crippen LogP contribution is 2.48. The van der Waals surface area contributed by atoms with E-state index in [9.17, 15) is 4.79 Å². The molecule has 2 nitrogen and oxygen atoms in total. The summed E-state index contributed by atoms with van der Waals surface area (Å²) in [5.74, 6) is 0.455. The van der Waals surface area contributed by atoms with E-state index in [1.54, 1.807) is 18.2 Å². The molecule has 0 aromatic heterocycles. The third kappa shape index (κ3) is 3.31. The molecule has 0 saturated heterocycles. The van der Waals surface area contributed by atoms with Crippen LogP contribution in [0.4, 0.5) is 0 Å². The summed E-state index contributed by atoms with van der Waals surface area (Å²) in [6.45, 7) is 0.654. The molecule has 0 spiro atoms. The second-order valence-corrected chi connectivity index (χ2v) is 5.97. The molecule has 1 fully saturated rings. The summed E-state index contributed by atoms with van der Waals surface area (Å²) >= 11 is 17.6. The molecular formula is C13H14Cl3NO. The molecule has 1 saturated carbocycles. The molecular weight excluding hydrogens is 293 g/mol. The first kappa shape index (κ1) is 14.0. The first-order chi connectivity index (χ1) is 8.56. The zero-order chi connectivity index (χ0) is 13.2. The lowest BCUT2D eigenvalue weighted by molar-refractivity contribution is 0.0944. The molecule has 0 unspecified atom stereocenters. The molecule has 98 valence electrons. The van der Waals surface area contributed by atoms with Crippen LogP contribution >= 0.6 is 34.8 Å². The van der Waals surface area contributed by atoms with Crippen LogP contribution in [0.5, 0.6) is 0 Å². The van der Waals surface area contributed by atoms with Gasteiger partial charge in [-0.2, -0.15) is 0 Å². The lowest BCUT2D eigenvalue weighted by atomic mass is 10.0. The smallest absolute Gasteiger partial charge is 0.252 e. The number of hydrogen-bond acceptors (Lipinski definition) is 1. The van der Waals surface area contributed by atoms with E-state index in [2.05, 4.69) is 5.32 Å². The van der Waals surface area contributed by atoms with Gasteiger partial charge in [0, 0.05) is 17.4 Å². The number of amides is 1. The average molecular weight is 307 g/mol. The van der Waals surface area contributed by atoms with Gasteiger partial charge in [-0.05, 0) is 42.9 Å². The van der Waals surface area contributed by atoms with E-state index >= 15 is 0 Å². The highest BCUT2D eigenvalue weighted by molar-refractivity contribution is 6.35. The maximum atomic E-state index is 12.0. The quantitative estimate of drug-likeness (QED) is 0.814. The van der Waals surface area contributed by atoms with Crippen molar-refractivity contribution in [2.24, 2.45) is 5.41 Å². The number of nitrogens with one attached hydrogen (secondary N) is 1. The Balaban J connectivity index is 1.98. The van der Waals surface area contributed by atoms with Gasteiger partial charge in [0.1, 0.15) is 0 Å². The summed E-state index contributed by atoms with van der Waals surface area (Å²) in [4.78, 5) is 12.0. The third-order valence-electron chi connectivity index (χ3n) is 3.38. The largest absolute Gasteiger partial charge is 0.351 e. The molecule has 0 aliphatic heterocycles. The highest BCUT2D eigenvalue weighted by Gasteiger charge is 2.41. The topological polar surface area (TPSA) is 29.1 Å². The number of halogens is 3. The molecule has 1 aliphatic carbocycles. The Hall–Kier alpha value is -0.440. The molecule has 0 radical (unpaired) electrons. The van der Waals surface area contributed by atoms with Gasteiger partial charge >= 0.3 is 0 Å². The summed E-state index contributed by atoms with van der Waals surface area (Å²) in [6.07, 6.45) is 3.20. The Morgan fingerprint density at radius 3 is 2.67 bits per heavy atom. The van der Waals surface area contributed by atoms with Crippen LogP contribution in [0, 0.1) is 5.41 Å². The Labute approximate surface area is 122 Å². The van der Waals surface area contributed by atoms with E-state index in [-0.39, 0.29) is 11.3 Å². The summed E-state index contributed by atoms with van der Waals surface area (Å²) < 4.78 is 0. The predicted molar refractivity (Wildman–Crippen MR) is 75.8 cm³/mol. The third-order valence-corrected chi connectivity index (χ3v) is 4.13. The van der Waals surface area contributed by atoms with Crippen molar-refractivity contribution in [3.63, 3.8) is 0 Å². The Morgan fingerprint density at radius 2 is 2.06 bits per heavy atom. The summed E-state index contributed by atoms with van der Waals surface area (Å²) in [5.41, 5.74) is 0.633. The number of rotatable bonds is 5. The molecule has 18 heavy (non-hydrogen) atoms. The fourth-order valence-electron chi connectivity index (χ4n) is 1.93. The fourth-order valence-corrected chi connectivity index (χ4v) is 2.70. The second kappa shape index (κ2) is 5.68. The van der Waals surface area contributed by atoms with Crippen LogP contribution in [0.25, 0.3) is 0 Å². The molecule has 1 aromatic carbocycles. The molecule has 1 aliphatic rings. The van der Waals surface area contributed by atoms with Crippen molar-refractivity contribution < 1.29 is 4.79 Å². The minimum Gasteiger partial charge on any atom is -0.351 e. The first-order valence-electron chi connectivity index (χ1n) is 5.86. The Bertz CT molecular complexity index is 458. The van der Waals surface area contributed by atoms with Crippen molar-refractivity contribution >= 4 is 40.7 Å². The normalized spacial score (nSPS) is 16.4. The van der Waals surface area contributed by atoms with Crippen LogP contribution in [-0.4, -0.2) is 18.3 Å². The standard InChI is InChI=1S/C13H14Cl3NO/c14-6-5-13(3-4-13)8-17-12(18)10-7-9(15)1-2-11(10)16/h1-2,7H,3-6,8H2,(H,17,18). The van der Waals surface area contributed by atoms with Gasteiger partial charge in [0.15, 0.2) is 0 Å². The molecule has 0 bridgehead atoms. The van der Waals surface area contributed by atoms with Gasteiger partial charge < -0.3 is 5.32 Å². The maximum absolute atomic E-state index is 12.0. The van der Waals surface area contributed by atoms with Gasteiger partial charge in [0.05, 0.1) is 10.6 Å². The van der Waals surface area contributed by atoms with Crippen molar-refractivity contribution in [1.82, 2.24) is 5.32 Å². The lowest BCUT2D eigenvalue weighted by Gasteiger charge is -2.14. The highest BCUT2D eigenvalue weighted by atomic mass is 35.5. The number of carbonyl (C=O) groups is 1.